The first-order valence-electron chi connectivity index (χ1n) is 36.6. The van der Waals surface area contributed by atoms with Crippen LogP contribution in [0.4, 0.5) is 22.7 Å². The summed E-state index contributed by atoms with van der Waals surface area (Å²) in [4.78, 5) is 51.0. The van der Waals surface area contributed by atoms with Crippen LogP contribution >= 0.6 is 0 Å². The Hall–Kier alpha value is -13.1. The van der Waals surface area contributed by atoms with Crippen molar-refractivity contribution in [1.82, 2.24) is 23.2 Å². The molecule has 8 aromatic carbocycles. The molecule has 0 saturated heterocycles. The molecule has 4 amide bonds. The number of rotatable bonds is 38. The predicted molar refractivity (Wildman–Crippen MR) is 449 cm³/mol. The molecule has 4 atom stereocenters. The summed E-state index contributed by atoms with van der Waals surface area (Å²) >= 11 is 0. The van der Waals surface area contributed by atoms with Crippen molar-refractivity contribution in [3.63, 3.8) is 0 Å². The summed E-state index contributed by atoms with van der Waals surface area (Å²) in [5.41, 5.74) is 11.4. The number of amides is 4. The maximum Gasteiger partial charge on any atom is 0.303 e. The minimum atomic E-state index is -4.25. The molecule has 13 N–H and O–H groups in total. The average Bonchev–Trinajstić information content (AvgIpc) is 0.832. The number of benzene rings is 8. The number of carbonyl (C=O) groups is 4. The fraction of sp³-hybridized carbons (Fsp3) is 0.300. The third kappa shape index (κ3) is 31.8. The van der Waals surface area contributed by atoms with E-state index in [1.54, 1.807) is 175 Å². The molecule has 35 nitrogen and oxygen atoms in total. The zero-order chi connectivity index (χ0) is 88.2. The molecular weight excluding hydrogens is 1620 g/mol. The number of anilines is 4. The number of nitrogens with one attached hydrogen (secondary N) is 9. The van der Waals surface area contributed by atoms with Gasteiger partial charge in [0.25, 0.3) is 33.8 Å². The highest BCUT2D eigenvalue weighted by Crippen LogP contribution is 2.37. The van der Waals surface area contributed by atoms with Gasteiger partial charge < -0.3 is 64.9 Å². The van der Waals surface area contributed by atoms with Crippen molar-refractivity contribution in [2.75, 3.05) is 101 Å². The zero-order valence-electron chi connectivity index (χ0n) is 67.4. The van der Waals surface area contributed by atoms with Gasteiger partial charge in [-0.15, -0.1) is 0 Å². The van der Waals surface area contributed by atoms with Crippen LogP contribution in [0, 0.1) is 39.4 Å². The van der Waals surface area contributed by atoms with E-state index in [1.165, 1.54) is 14.1 Å². The number of nitrogens with two attached hydrogens (primary N) is 2. The second-order valence-corrected chi connectivity index (χ2v) is 31.6. The molecule has 0 fully saturated rings. The lowest BCUT2D eigenvalue weighted by Crippen LogP contribution is -2.43. The van der Waals surface area contributed by atoms with E-state index < -0.39 is 88.3 Å². The van der Waals surface area contributed by atoms with E-state index in [-0.39, 0.29) is 5.84 Å². The Morgan fingerprint density at radius 3 is 0.782 bits per heavy atom. The summed E-state index contributed by atoms with van der Waals surface area (Å²) in [6, 6.07) is 47.4. The summed E-state index contributed by atoms with van der Waals surface area (Å²) < 4.78 is 147. The second-order valence-electron chi connectivity index (χ2n) is 24.9. The molecule has 0 aliphatic heterocycles. The molecule has 119 heavy (non-hydrogen) atoms. The van der Waals surface area contributed by atoms with E-state index in [4.69, 9.17) is 70.0 Å². The van der Waals surface area contributed by atoms with Gasteiger partial charge in [0.2, 0.25) is 20.0 Å². The van der Waals surface area contributed by atoms with Crippen LogP contribution in [0.3, 0.4) is 0 Å². The van der Waals surface area contributed by atoms with Crippen LogP contribution in [0.2, 0.25) is 0 Å². The number of hydrogen-bond acceptors (Lipinski definition) is 28. The maximum absolute atomic E-state index is 13.0. The molecule has 0 aliphatic carbocycles. The monoisotopic (exact) mass is 1720 g/mol. The van der Waals surface area contributed by atoms with Gasteiger partial charge in [-0.05, 0) is 223 Å². The number of nitrogen functional groups attached to an aromatic ring is 1. The van der Waals surface area contributed by atoms with Crippen LogP contribution in [0.15, 0.2) is 170 Å². The number of nitriles is 3. The molecule has 0 radical (unpaired) electrons. The van der Waals surface area contributed by atoms with Gasteiger partial charge in [-0.3, -0.25) is 34.0 Å². The van der Waals surface area contributed by atoms with E-state index in [0.29, 0.717) is 166 Å². The van der Waals surface area contributed by atoms with Crippen LogP contribution in [0.25, 0.3) is 0 Å². The summed E-state index contributed by atoms with van der Waals surface area (Å²) in [7, 11) is -13.1. The van der Waals surface area contributed by atoms with Crippen LogP contribution < -0.4 is 88.9 Å². The quantitative estimate of drug-likeness (QED) is 0.0127. The van der Waals surface area contributed by atoms with Gasteiger partial charge in [0, 0.05) is 42.4 Å². The number of nitrogens with zero attached hydrogens (tertiary/aromatic N) is 4. The summed E-state index contributed by atoms with van der Waals surface area (Å²) in [5, 5.41) is 51.2. The van der Waals surface area contributed by atoms with E-state index >= 15 is 0 Å². The Bertz CT molecular complexity index is 5220. The van der Waals surface area contributed by atoms with Crippen LogP contribution in [-0.2, 0) is 59.6 Å². The highest BCUT2D eigenvalue weighted by atomic mass is 32.2. The van der Waals surface area contributed by atoms with Gasteiger partial charge in [0.05, 0.1) is 100 Å². The standard InChI is InChI=1S/C21H26N4O5S.C20H26N4O5S.C20H23N3O5S.C19H22N4O5S/c1-5-29-18-12-9-16(13-19(18)30-6-2)20(21(26)24-31(27,28)25(3)4)23-17-10-7-15(14-22)8-11-17;1-4-28-16-11-8-14(12-17(16)29-5-2)18(20(25)24-30(3,26)27)23-15-9-6-13(7-10-15)19(21)22;1-4-27-17-11-8-15(12-18(17)28-5-2)19(20(24)23-29(3,25)26)22-16-9-6-14(13-21)7-10-16;1-3-27-16-10-7-14(11-17(16)28-4-2)18(19(24)23-29(21,25)26)22-15-8-5-13(12-20)6-9-15/h7-13,20,23H,5-6H2,1-4H3,(H,24,26);6-12,18,23H,4-5H2,1-3H3,(H3,21,22)(H,24,25);6-12,19,22H,4-5H2,1-3H3,(H,23,24);5-11,18,22H,3-4H2,1-2H3,(H,23,24)(H2,21,25,26). The number of ether oxygens (including phenoxy) is 8. The van der Waals surface area contributed by atoms with E-state index in [1.807, 2.05) is 83.0 Å². The van der Waals surface area contributed by atoms with Crippen molar-refractivity contribution in [3.8, 4) is 64.2 Å². The van der Waals surface area contributed by atoms with Crippen LogP contribution in [-0.4, -0.2) is 147 Å². The number of sulfonamides is 2. The molecular formula is C80H97N15O20S4. The number of amidine groups is 1. The second kappa shape index (κ2) is 46.6. The van der Waals surface area contributed by atoms with Gasteiger partial charge in [0.1, 0.15) is 30.0 Å². The molecule has 39 heteroatoms. The summed E-state index contributed by atoms with van der Waals surface area (Å²) in [5.74, 6) is 0.604. The van der Waals surface area contributed by atoms with Crippen molar-refractivity contribution in [1.29, 1.82) is 21.2 Å². The molecule has 0 saturated carbocycles. The molecule has 8 rings (SSSR count). The van der Waals surface area contributed by atoms with Gasteiger partial charge in [-0.1, -0.05) is 24.3 Å². The summed E-state index contributed by atoms with van der Waals surface area (Å²) in [6.45, 7) is 18.0. The third-order valence-corrected chi connectivity index (χ3v) is 18.7. The van der Waals surface area contributed by atoms with Crippen molar-refractivity contribution >= 4 is 92.7 Å². The molecule has 0 bridgehead atoms. The van der Waals surface area contributed by atoms with Crippen LogP contribution in [0.1, 0.15) is 124 Å². The van der Waals surface area contributed by atoms with E-state index in [2.05, 4.69) is 26.0 Å². The van der Waals surface area contributed by atoms with Crippen LogP contribution in [0.5, 0.6) is 46.0 Å². The molecule has 8 aromatic rings. The lowest BCUT2D eigenvalue weighted by atomic mass is 10.0. The van der Waals surface area contributed by atoms with Crippen molar-refractivity contribution < 1.29 is 90.7 Å². The highest BCUT2D eigenvalue weighted by molar-refractivity contribution is 7.89. The fourth-order valence-corrected chi connectivity index (χ4v) is 12.4. The lowest BCUT2D eigenvalue weighted by Gasteiger charge is -2.22. The van der Waals surface area contributed by atoms with Crippen molar-refractivity contribution in [3.05, 3.63) is 214 Å². The van der Waals surface area contributed by atoms with Gasteiger partial charge in [0.15, 0.2) is 46.0 Å². The minimum Gasteiger partial charge on any atom is -0.490 e. The van der Waals surface area contributed by atoms with Gasteiger partial charge in [-0.25, -0.2) is 31.4 Å². The van der Waals surface area contributed by atoms with Crippen molar-refractivity contribution in [2.45, 2.75) is 79.6 Å². The molecule has 0 aromatic heterocycles. The van der Waals surface area contributed by atoms with Gasteiger partial charge >= 0.3 is 10.2 Å². The van der Waals surface area contributed by atoms with E-state index in [0.717, 1.165) is 16.8 Å². The Kier molecular flexibility index (Phi) is 37.8. The third-order valence-electron chi connectivity index (χ3n) is 15.7. The van der Waals surface area contributed by atoms with Gasteiger partial charge in [-0.2, -0.15) is 36.9 Å². The minimum absolute atomic E-state index is 0.0826. The first-order chi connectivity index (χ1) is 56.4. The number of carbonyl (C=O) groups excluding carboxylic acids is 4. The zero-order valence-corrected chi connectivity index (χ0v) is 70.6. The molecule has 4 unspecified atom stereocenters. The first-order valence-corrected chi connectivity index (χ1v) is 43.4. The Morgan fingerprint density at radius 2 is 0.580 bits per heavy atom. The summed E-state index contributed by atoms with van der Waals surface area (Å²) in [6.07, 6.45) is 1.82. The number of hydrogen-bond donors (Lipinski definition) is 11. The Labute approximate surface area is 693 Å². The topological polar surface area (TPSA) is 525 Å². The largest absolute Gasteiger partial charge is 0.490 e. The average molecular weight is 1720 g/mol. The molecule has 636 valence electrons. The SMILES string of the molecule is CCOc1ccc(C(Nc2ccc(C#N)cc2)C(=O)NS(=O)(=O)N(C)C)cc1OCC.CCOc1ccc(C(Nc2ccc(C#N)cc2)C(=O)NS(C)(=O)=O)cc1OCC.CCOc1ccc(C(Nc2ccc(C#N)cc2)C(=O)NS(N)(=O)=O)cc1OCC.CCOc1ccc(C(Nc2ccc(C(=N)N)cc2)C(=O)NS(C)(=O)=O)cc1OCC. The fourth-order valence-electron chi connectivity index (χ4n) is 10.5. The first kappa shape index (κ1) is 96.5. The maximum atomic E-state index is 13.0. The normalized spacial score (nSPS) is 11.9. The lowest BCUT2D eigenvalue weighted by molar-refractivity contribution is -0.121. The Balaban J connectivity index is 0.000000283. The highest BCUT2D eigenvalue weighted by Gasteiger charge is 2.31. The molecule has 0 aliphatic rings. The molecule has 0 spiro atoms. The smallest absolute Gasteiger partial charge is 0.303 e. The Morgan fingerprint density at radius 1 is 0.361 bits per heavy atom. The molecule has 0 heterocycles. The predicted octanol–water partition coefficient (Wildman–Crippen LogP) is 8.84. The van der Waals surface area contributed by atoms with E-state index in [9.17, 15) is 52.8 Å². The van der Waals surface area contributed by atoms with Crippen molar-refractivity contribution in [2.24, 2.45) is 10.9 Å².